The lowest BCUT2D eigenvalue weighted by molar-refractivity contribution is 0.218. The lowest BCUT2D eigenvalue weighted by Gasteiger charge is -2.27. The molecule has 2 nitrogen and oxygen atoms in total. The molecule has 2 aliphatic rings. The van der Waals surface area contributed by atoms with E-state index in [9.17, 15) is 0 Å². The van der Waals surface area contributed by atoms with Crippen molar-refractivity contribution >= 4 is 0 Å². The van der Waals surface area contributed by atoms with Gasteiger partial charge in [-0.05, 0) is 23.5 Å². The Morgan fingerprint density at radius 3 is 2.94 bits per heavy atom. The summed E-state index contributed by atoms with van der Waals surface area (Å²) in [6, 6.07) is 10.6. The van der Waals surface area contributed by atoms with Crippen molar-refractivity contribution in [2.75, 3.05) is 13.1 Å². The van der Waals surface area contributed by atoms with E-state index in [0.717, 1.165) is 18.6 Å². The summed E-state index contributed by atoms with van der Waals surface area (Å²) in [4.78, 5) is 2.64. The van der Waals surface area contributed by atoms with E-state index < -0.39 is 0 Å². The third-order valence-electron chi connectivity index (χ3n) is 4.17. The fraction of sp³-hybridized carbons (Fsp3) is 0.600. The maximum Gasteiger partial charge on any atom is 0.0240 e. The molecular formula is C15H22N2. The Bertz CT molecular complexity index is 400. The zero-order valence-corrected chi connectivity index (χ0v) is 10.8. The second-order valence-corrected chi connectivity index (χ2v) is 5.82. The first kappa shape index (κ1) is 11.2. The topological polar surface area (TPSA) is 15.3 Å². The van der Waals surface area contributed by atoms with Crippen molar-refractivity contribution in [1.29, 1.82) is 0 Å². The van der Waals surface area contributed by atoms with Gasteiger partial charge in [-0.3, -0.25) is 4.90 Å². The summed E-state index contributed by atoms with van der Waals surface area (Å²) in [5.74, 6) is 0.631. The molecule has 0 aliphatic carbocycles. The predicted molar refractivity (Wildman–Crippen MR) is 71.1 cm³/mol. The van der Waals surface area contributed by atoms with E-state index in [1.807, 2.05) is 0 Å². The zero-order valence-electron chi connectivity index (χ0n) is 10.8. The summed E-state index contributed by atoms with van der Waals surface area (Å²) < 4.78 is 0. The fourth-order valence-electron chi connectivity index (χ4n) is 3.13. The van der Waals surface area contributed by atoms with Gasteiger partial charge in [0.25, 0.3) is 0 Å². The first-order valence-electron chi connectivity index (χ1n) is 6.78. The summed E-state index contributed by atoms with van der Waals surface area (Å²) in [5.41, 5.74) is 2.94. The molecule has 3 rings (SSSR count). The van der Waals surface area contributed by atoms with Crippen LogP contribution in [0.2, 0.25) is 0 Å². The third kappa shape index (κ3) is 2.24. The fourth-order valence-corrected chi connectivity index (χ4v) is 3.13. The van der Waals surface area contributed by atoms with E-state index in [1.165, 1.54) is 30.6 Å². The van der Waals surface area contributed by atoms with Crippen LogP contribution in [-0.2, 0) is 6.54 Å². The second-order valence-electron chi connectivity index (χ2n) is 5.82. The number of nitrogens with zero attached hydrogens (tertiary/aromatic N) is 1. The van der Waals surface area contributed by atoms with Gasteiger partial charge in [0, 0.05) is 31.7 Å². The number of rotatable bonds is 3. The normalized spacial score (nSPS) is 28.2. The van der Waals surface area contributed by atoms with Crippen LogP contribution in [-0.4, -0.2) is 30.1 Å². The number of fused-ring (bicyclic) bond motifs is 2. The van der Waals surface area contributed by atoms with Crippen LogP contribution in [0.4, 0.5) is 0 Å². The van der Waals surface area contributed by atoms with Crippen molar-refractivity contribution in [2.24, 2.45) is 0 Å². The minimum atomic E-state index is 0.631. The van der Waals surface area contributed by atoms with Crippen LogP contribution in [0, 0.1) is 0 Å². The van der Waals surface area contributed by atoms with Crippen LogP contribution in [0.25, 0.3) is 0 Å². The molecule has 0 saturated carbocycles. The summed E-state index contributed by atoms with van der Waals surface area (Å²) in [7, 11) is 0. The molecule has 0 radical (unpaired) electrons. The van der Waals surface area contributed by atoms with Crippen molar-refractivity contribution < 1.29 is 0 Å². The third-order valence-corrected chi connectivity index (χ3v) is 4.17. The van der Waals surface area contributed by atoms with Crippen molar-refractivity contribution in [3.05, 3.63) is 35.4 Å². The molecule has 2 atom stereocenters. The zero-order chi connectivity index (χ0) is 11.8. The average molecular weight is 230 g/mol. The Hall–Kier alpha value is -0.860. The smallest absolute Gasteiger partial charge is 0.0240 e. The molecular weight excluding hydrogens is 208 g/mol. The minimum absolute atomic E-state index is 0.631. The molecule has 1 aromatic carbocycles. The molecule has 2 heterocycles. The highest BCUT2D eigenvalue weighted by atomic mass is 15.3. The first-order valence-corrected chi connectivity index (χ1v) is 6.78. The molecule has 2 aliphatic heterocycles. The quantitative estimate of drug-likeness (QED) is 0.857. The molecule has 2 saturated heterocycles. The van der Waals surface area contributed by atoms with E-state index in [4.69, 9.17) is 0 Å². The lowest BCUT2D eigenvalue weighted by atomic mass is 10.0. The molecule has 92 valence electrons. The van der Waals surface area contributed by atoms with Crippen molar-refractivity contribution in [3.8, 4) is 0 Å². The van der Waals surface area contributed by atoms with E-state index in [1.54, 1.807) is 0 Å². The standard InChI is InChI=1S/C15H22N2/c1-11(2)13-5-3-4-12(6-13)9-17-10-14-7-15(17)8-16-14/h3-6,11,14-16H,7-10H2,1-2H3. The average Bonchev–Trinajstić information content (AvgIpc) is 2.91. The van der Waals surface area contributed by atoms with Crippen LogP contribution >= 0.6 is 0 Å². The van der Waals surface area contributed by atoms with Gasteiger partial charge in [-0.1, -0.05) is 38.1 Å². The summed E-state index contributed by atoms with van der Waals surface area (Å²) >= 11 is 0. The van der Waals surface area contributed by atoms with Gasteiger partial charge in [0.1, 0.15) is 0 Å². The van der Waals surface area contributed by atoms with Crippen molar-refractivity contribution in [1.82, 2.24) is 10.2 Å². The number of hydrogen-bond acceptors (Lipinski definition) is 2. The van der Waals surface area contributed by atoms with Gasteiger partial charge >= 0.3 is 0 Å². The van der Waals surface area contributed by atoms with Gasteiger partial charge in [0.05, 0.1) is 0 Å². The highest BCUT2D eigenvalue weighted by molar-refractivity contribution is 5.26. The second kappa shape index (κ2) is 4.43. The first-order chi connectivity index (χ1) is 8.22. The largest absolute Gasteiger partial charge is 0.311 e. The van der Waals surface area contributed by atoms with Crippen LogP contribution in [0.15, 0.2) is 24.3 Å². The molecule has 2 fully saturated rings. The maximum absolute atomic E-state index is 3.56. The monoisotopic (exact) mass is 230 g/mol. The molecule has 0 spiro atoms. The Morgan fingerprint density at radius 1 is 1.41 bits per heavy atom. The number of benzene rings is 1. The van der Waals surface area contributed by atoms with Crippen LogP contribution in [0.1, 0.15) is 37.3 Å². The van der Waals surface area contributed by atoms with Gasteiger partial charge < -0.3 is 5.32 Å². The van der Waals surface area contributed by atoms with Crippen molar-refractivity contribution in [2.45, 2.75) is 44.8 Å². The summed E-state index contributed by atoms with van der Waals surface area (Å²) in [6.45, 7) is 8.08. The van der Waals surface area contributed by atoms with E-state index in [0.29, 0.717) is 5.92 Å². The Morgan fingerprint density at radius 2 is 2.29 bits per heavy atom. The lowest BCUT2D eigenvalue weighted by Crippen LogP contribution is -2.42. The van der Waals surface area contributed by atoms with Crippen molar-refractivity contribution in [3.63, 3.8) is 0 Å². The highest BCUT2D eigenvalue weighted by Crippen LogP contribution is 2.25. The Balaban J connectivity index is 1.70. The molecule has 17 heavy (non-hydrogen) atoms. The Labute approximate surface area is 104 Å². The molecule has 1 aromatic rings. The van der Waals surface area contributed by atoms with Gasteiger partial charge in [-0.2, -0.15) is 0 Å². The predicted octanol–water partition coefficient (Wildman–Crippen LogP) is 2.36. The van der Waals surface area contributed by atoms with Gasteiger partial charge in [-0.15, -0.1) is 0 Å². The number of likely N-dealkylation sites (tertiary alicyclic amines) is 1. The van der Waals surface area contributed by atoms with Crippen LogP contribution in [0.3, 0.4) is 0 Å². The molecule has 2 bridgehead atoms. The SMILES string of the molecule is CC(C)c1cccc(CN2CC3CC2CN3)c1. The van der Waals surface area contributed by atoms with E-state index in [-0.39, 0.29) is 0 Å². The molecule has 0 aromatic heterocycles. The van der Waals surface area contributed by atoms with Gasteiger partial charge in [0.2, 0.25) is 0 Å². The summed E-state index contributed by atoms with van der Waals surface area (Å²) in [6.07, 6.45) is 1.35. The number of piperazine rings is 1. The number of hydrogen-bond donors (Lipinski definition) is 1. The summed E-state index contributed by atoms with van der Waals surface area (Å²) in [5, 5.41) is 3.56. The highest BCUT2D eigenvalue weighted by Gasteiger charge is 2.37. The number of nitrogens with one attached hydrogen (secondary N) is 1. The minimum Gasteiger partial charge on any atom is -0.311 e. The Kier molecular flexibility index (Phi) is 2.93. The van der Waals surface area contributed by atoms with Gasteiger partial charge in [-0.25, -0.2) is 0 Å². The van der Waals surface area contributed by atoms with Gasteiger partial charge in [0.15, 0.2) is 0 Å². The molecule has 2 unspecified atom stereocenters. The van der Waals surface area contributed by atoms with Crippen LogP contribution in [0.5, 0.6) is 0 Å². The van der Waals surface area contributed by atoms with Crippen LogP contribution < -0.4 is 5.32 Å². The molecule has 0 amide bonds. The van der Waals surface area contributed by atoms with E-state index in [2.05, 4.69) is 48.3 Å². The maximum atomic E-state index is 3.56. The molecule has 1 N–H and O–H groups in total. The van der Waals surface area contributed by atoms with E-state index >= 15 is 0 Å². The molecule has 2 heteroatoms.